The number of thiophene rings is 1. The van der Waals surface area contributed by atoms with Crippen LogP contribution >= 0.6 is 11.3 Å². The molecule has 0 saturated heterocycles. The summed E-state index contributed by atoms with van der Waals surface area (Å²) in [5, 5.41) is 21.3. The van der Waals surface area contributed by atoms with Gasteiger partial charge in [-0.15, -0.1) is 10.1 Å². The molecule has 0 saturated carbocycles. The number of aliphatic hydroxyl groups excluding tert-OH is 1. The molecule has 12 heavy (non-hydrogen) atoms. The Bertz CT molecular complexity index is 248. The molecule has 1 rings (SSSR count). The van der Waals surface area contributed by atoms with Crippen molar-refractivity contribution >= 4 is 11.3 Å². The molecule has 1 aromatic heterocycles. The molecule has 5 nitrogen and oxygen atoms in total. The van der Waals surface area contributed by atoms with Gasteiger partial charge in [0.1, 0.15) is 0 Å². The fourth-order valence-corrected chi connectivity index (χ4v) is 1.43. The van der Waals surface area contributed by atoms with Crippen LogP contribution in [0.3, 0.4) is 0 Å². The Kier molecular flexibility index (Phi) is 3.01. The summed E-state index contributed by atoms with van der Waals surface area (Å²) in [4.78, 5) is 13.7. The lowest BCUT2D eigenvalue weighted by Gasteiger charge is -2.05. The van der Waals surface area contributed by atoms with Crippen molar-refractivity contribution in [3.8, 4) is 0 Å². The Labute approximate surface area is 72.3 Å². The standard InChI is InChI=1S/C6H7NO4S/c8-6(11-7(9)10)3-5-1-2-12-4-5/h1-2,4,6,8H,3H2. The first kappa shape index (κ1) is 8.95. The SMILES string of the molecule is O=[N+]([O-])OC(O)Cc1ccsc1. The van der Waals surface area contributed by atoms with Gasteiger partial charge in [-0.1, -0.05) is 0 Å². The number of rotatable bonds is 4. The van der Waals surface area contributed by atoms with Crippen molar-refractivity contribution in [3.05, 3.63) is 32.5 Å². The molecule has 1 N–H and O–H groups in total. The van der Waals surface area contributed by atoms with Gasteiger partial charge in [0.2, 0.25) is 6.29 Å². The molecule has 1 aromatic rings. The average Bonchev–Trinajstić information content (AvgIpc) is 2.37. The van der Waals surface area contributed by atoms with Crippen molar-refractivity contribution in [1.82, 2.24) is 0 Å². The Morgan fingerprint density at radius 1 is 1.83 bits per heavy atom. The molecule has 1 atom stereocenters. The Morgan fingerprint density at radius 3 is 3.08 bits per heavy atom. The molecule has 0 spiro atoms. The number of hydrogen-bond acceptors (Lipinski definition) is 5. The maximum atomic E-state index is 9.76. The molecule has 0 aliphatic heterocycles. The molecular weight excluding hydrogens is 182 g/mol. The van der Waals surface area contributed by atoms with Crippen LogP contribution < -0.4 is 0 Å². The first-order chi connectivity index (χ1) is 5.68. The second-order valence-electron chi connectivity index (χ2n) is 2.12. The van der Waals surface area contributed by atoms with E-state index in [-0.39, 0.29) is 6.42 Å². The normalized spacial score (nSPS) is 12.4. The molecular formula is C6H7NO4S. The van der Waals surface area contributed by atoms with Gasteiger partial charge in [0, 0.05) is 6.42 Å². The lowest BCUT2D eigenvalue weighted by atomic mass is 10.2. The molecule has 0 fully saturated rings. The zero-order chi connectivity index (χ0) is 8.97. The van der Waals surface area contributed by atoms with E-state index in [9.17, 15) is 10.1 Å². The smallest absolute Gasteiger partial charge is 0.297 e. The summed E-state index contributed by atoms with van der Waals surface area (Å²) in [6.07, 6.45) is -1.22. The van der Waals surface area contributed by atoms with Crippen molar-refractivity contribution in [1.29, 1.82) is 0 Å². The summed E-state index contributed by atoms with van der Waals surface area (Å²) in [6.45, 7) is 0. The van der Waals surface area contributed by atoms with Crippen molar-refractivity contribution in [2.75, 3.05) is 0 Å². The first-order valence-corrected chi connectivity index (χ1v) is 4.13. The van der Waals surface area contributed by atoms with Gasteiger partial charge in [-0.2, -0.15) is 11.3 Å². The van der Waals surface area contributed by atoms with E-state index in [0.717, 1.165) is 5.56 Å². The van der Waals surface area contributed by atoms with Crippen LogP contribution in [0.15, 0.2) is 16.8 Å². The predicted octanol–water partition coefficient (Wildman–Crippen LogP) is 0.817. The van der Waals surface area contributed by atoms with Gasteiger partial charge in [0.15, 0.2) is 0 Å². The third-order valence-corrected chi connectivity index (χ3v) is 1.93. The summed E-state index contributed by atoms with van der Waals surface area (Å²) in [5.41, 5.74) is 0.828. The van der Waals surface area contributed by atoms with Gasteiger partial charge >= 0.3 is 0 Å². The van der Waals surface area contributed by atoms with E-state index in [1.165, 1.54) is 11.3 Å². The number of nitrogens with zero attached hydrogens (tertiary/aromatic N) is 1. The topological polar surface area (TPSA) is 72.6 Å². The van der Waals surface area contributed by atoms with Gasteiger partial charge in [-0.05, 0) is 22.4 Å². The van der Waals surface area contributed by atoms with Crippen LogP contribution in [0.5, 0.6) is 0 Å². The first-order valence-electron chi connectivity index (χ1n) is 3.19. The van der Waals surface area contributed by atoms with Gasteiger partial charge in [0.25, 0.3) is 5.09 Å². The van der Waals surface area contributed by atoms with E-state index in [0.29, 0.717) is 0 Å². The van der Waals surface area contributed by atoms with Crippen LogP contribution in [0.4, 0.5) is 0 Å². The lowest BCUT2D eigenvalue weighted by molar-refractivity contribution is -0.779. The lowest BCUT2D eigenvalue weighted by Crippen LogP contribution is -2.18. The third kappa shape index (κ3) is 2.85. The molecule has 1 unspecified atom stereocenters. The zero-order valence-electron chi connectivity index (χ0n) is 6.04. The quantitative estimate of drug-likeness (QED) is 0.432. The van der Waals surface area contributed by atoms with Gasteiger partial charge < -0.3 is 5.11 Å². The van der Waals surface area contributed by atoms with Crippen LogP contribution in [-0.4, -0.2) is 16.5 Å². The minimum atomic E-state index is -1.37. The van der Waals surface area contributed by atoms with E-state index < -0.39 is 11.4 Å². The largest absolute Gasteiger partial charge is 0.368 e. The molecule has 0 aliphatic carbocycles. The fraction of sp³-hybridized carbons (Fsp3) is 0.333. The van der Waals surface area contributed by atoms with Crippen molar-refractivity contribution < 1.29 is 15.0 Å². The van der Waals surface area contributed by atoms with Crippen LogP contribution in [0, 0.1) is 10.1 Å². The summed E-state index contributed by atoms with van der Waals surface area (Å²) in [6, 6.07) is 1.77. The van der Waals surface area contributed by atoms with Gasteiger partial charge in [-0.3, -0.25) is 4.84 Å². The van der Waals surface area contributed by atoms with Crippen molar-refractivity contribution in [2.24, 2.45) is 0 Å². The third-order valence-electron chi connectivity index (χ3n) is 1.20. The van der Waals surface area contributed by atoms with Gasteiger partial charge in [-0.25, -0.2) is 0 Å². The maximum Gasteiger partial charge on any atom is 0.297 e. The van der Waals surface area contributed by atoms with Crippen LogP contribution in [0.25, 0.3) is 0 Å². The summed E-state index contributed by atoms with van der Waals surface area (Å²) < 4.78 is 0. The minimum Gasteiger partial charge on any atom is -0.368 e. The van der Waals surface area contributed by atoms with E-state index in [1.54, 1.807) is 11.4 Å². The second-order valence-corrected chi connectivity index (χ2v) is 2.90. The highest BCUT2D eigenvalue weighted by Gasteiger charge is 2.09. The number of aliphatic hydroxyl groups is 1. The summed E-state index contributed by atoms with van der Waals surface area (Å²) in [7, 11) is 0. The van der Waals surface area contributed by atoms with E-state index >= 15 is 0 Å². The summed E-state index contributed by atoms with van der Waals surface area (Å²) >= 11 is 1.46. The highest BCUT2D eigenvalue weighted by Crippen LogP contribution is 2.08. The Morgan fingerprint density at radius 2 is 2.58 bits per heavy atom. The monoisotopic (exact) mass is 189 g/mol. The van der Waals surface area contributed by atoms with Crippen LogP contribution in [-0.2, 0) is 11.3 Å². The predicted molar refractivity (Wildman–Crippen MR) is 42.1 cm³/mol. The summed E-state index contributed by atoms with van der Waals surface area (Å²) in [5.74, 6) is 0. The van der Waals surface area contributed by atoms with Crippen LogP contribution in [0.2, 0.25) is 0 Å². The van der Waals surface area contributed by atoms with E-state index in [2.05, 4.69) is 4.84 Å². The molecule has 0 amide bonds. The molecule has 66 valence electrons. The van der Waals surface area contributed by atoms with E-state index in [1.807, 2.05) is 5.38 Å². The van der Waals surface area contributed by atoms with Gasteiger partial charge in [0.05, 0.1) is 0 Å². The molecule has 1 heterocycles. The second kappa shape index (κ2) is 4.03. The van der Waals surface area contributed by atoms with Crippen molar-refractivity contribution in [2.45, 2.75) is 12.7 Å². The van der Waals surface area contributed by atoms with E-state index in [4.69, 9.17) is 5.11 Å². The molecule has 0 bridgehead atoms. The highest BCUT2D eigenvalue weighted by molar-refractivity contribution is 7.07. The maximum absolute atomic E-state index is 9.76. The molecule has 0 aromatic carbocycles. The molecule has 6 heteroatoms. The van der Waals surface area contributed by atoms with Crippen LogP contribution in [0.1, 0.15) is 5.56 Å². The Balaban J connectivity index is 2.36. The fourth-order valence-electron chi connectivity index (χ4n) is 0.747. The number of hydrogen-bond donors (Lipinski definition) is 1. The molecule has 0 radical (unpaired) electrons. The molecule has 0 aliphatic rings. The van der Waals surface area contributed by atoms with Crippen molar-refractivity contribution in [3.63, 3.8) is 0 Å². The minimum absolute atomic E-state index is 0.143. The Hall–Kier alpha value is -1.14. The zero-order valence-corrected chi connectivity index (χ0v) is 6.86. The average molecular weight is 189 g/mol. The highest BCUT2D eigenvalue weighted by atomic mass is 32.1.